The summed E-state index contributed by atoms with van der Waals surface area (Å²) in [6.07, 6.45) is 6.45. The first-order chi connectivity index (χ1) is 21.8. The van der Waals surface area contributed by atoms with Crippen LogP contribution in [0, 0.1) is 5.92 Å². The zero-order valence-electron chi connectivity index (χ0n) is 25.5. The number of rotatable bonds is 7. The Bertz CT molecular complexity index is 1550. The minimum atomic E-state index is -1.58. The van der Waals surface area contributed by atoms with Crippen LogP contribution in [0.1, 0.15) is 75.3 Å². The lowest BCUT2D eigenvalue weighted by Gasteiger charge is -2.28. The summed E-state index contributed by atoms with van der Waals surface area (Å²) in [5.74, 6) is 1.14. The fourth-order valence-electron chi connectivity index (χ4n) is 6.01. The van der Waals surface area contributed by atoms with Gasteiger partial charge in [-0.05, 0) is 115 Å². The van der Waals surface area contributed by atoms with Gasteiger partial charge in [-0.15, -0.1) is 0 Å². The molecular weight excluding hydrogens is 578 g/mol. The van der Waals surface area contributed by atoms with Gasteiger partial charge in [0.2, 0.25) is 0 Å². The van der Waals surface area contributed by atoms with Crippen LogP contribution in [0.3, 0.4) is 0 Å². The average Bonchev–Trinajstić information content (AvgIpc) is 3.06. The van der Waals surface area contributed by atoms with E-state index in [4.69, 9.17) is 24.6 Å². The maximum absolute atomic E-state index is 12.4. The van der Waals surface area contributed by atoms with Crippen LogP contribution >= 0.6 is 0 Å². The maximum Gasteiger partial charge on any atom is 0.381 e. The summed E-state index contributed by atoms with van der Waals surface area (Å²) in [6, 6.07) is 20.1. The maximum atomic E-state index is 12.4. The molecule has 2 aliphatic rings. The summed E-state index contributed by atoms with van der Waals surface area (Å²) >= 11 is 0. The summed E-state index contributed by atoms with van der Waals surface area (Å²) in [5.41, 5.74) is 6.60. The summed E-state index contributed by atoms with van der Waals surface area (Å²) < 4.78 is 24.7. The molecule has 6 nitrogen and oxygen atoms in total. The van der Waals surface area contributed by atoms with E-state index in [1.54, 1.807) is 12.1 Å². The molecule has 1 heterocycles. The molecule has 0 atom stereocenters. The minimum Gasteiger partial charge on any atom is -0.304 e. The summed E-state index contributed by atoms with van der Waals surface area (Å²) in [7, 11) is 0. The average molecular weight is 617 g/mol. The van der Waals surface area contributed by atoms with Crippen molar-refractivity contribution in [3.8, 4) is 33.8 Å². The zero-order valence-corrected chi connectivity index (χ0v) is 25.5. The van der Waals surface area contributed by atoms with Gasteiger partial charge >= 0.3 is 5.97 Å². The lowest BCUT2D eigenvalue weighted by atomic mass is 9.77. The molecule has 1 fully saturated rings. The van der Waals surface area contributed by atoms with Crippen LogP contribution in [0.15, 0.2) is 97.3 Å². The van der Waals surface area contributed by atoms with Gasteiger partial charge < -0.3 is 4.89 Å². The highest BCUT2D eigenvalue weighted by Gasteiger charge is 2.22. The zero-order chi connectivity index (χ0) is 31.8. The van der Waals surface area contributed by atoms with E-state index in [-0.39, 0.29) is 29.3 Å². The fraction of sp³-hybridized carbons (Fsp3) is 0.324. The third-order valence-corrected chi connectivity index (χ3v) is 8.60. The lowest BCUT2D eigenvalue weighted by Crippen LogP contribution is -2.13. The molecule has 0 N–H and O–H groups in total. The van der Waals surface area contributed by atoms with Crippen LogP contribution in [0.5, 0.6) is 11.5 Å². The molecule has 3 aromatic carbocycles. The van der Waals surface area contributed by atoms with E-state index in [0.29, 0.717) is 24.7 Å². The summed E-state index contributed by atoms with van der Waals surface area (Å²) in [5, 5.41) is 4.93. The number of hydrogen-bond donors (Lipinski definition) is 0. The minimum absolute atomic E-state index is 0.207. The smallest absolute Gasteiger partial charge is 0.304 e. The Kier molecular flexibility index (Phi) is 10.7. The van der Waals surface area contributed by atoms with Gasteiger partial charge in [0, 0.05) is 23.1 Å². The first-order valence-electron chi connectivity index (χ1n) is 15.4. The van der Waals surface area contributed by atoms with E-state index in [0.717, 1.165) is 72.4 Å². The van der Waals surface area contributed by atoms with Gasteiger partial charge in [-0.2, -0.15) is 8.78 Å². The van der Waals surface area contributed by atoms with Gasteiger partial charge in [0.05, 0.1) is 0 Å². The first kappa shape index (κ1) is 32.0. The van der Waals surface area contributed by atoms with Crippen LogP contribution in [0.4, 0.5) is 8.78 Å². The normalized spacial score (nSPS) is 19.0. The van der Waals surface area contributed by atoms with E-state index in [2.05, 4.69) is 62.5 Å². The molecule has 1 aliphatic heterocycles. The topological polar surface area (TPSA) is 63.2 Å². The van der Waals surface area contributed by atoms with Crippen molar-refractivity contribution in [2.24, 2.45) is 5.92 Å². The SMILES string of the molecule is C=C1CCC(=C)C(=O)OOc2cc(cc(-c3ccc(-c4ccc(C5CCC(CCC=C(F)F)CC5)cc4)cc3CC)c2)OOO1. The second-order valence-corrected chi connectivity index (χ2v) is 11.7. The van der Waals surface area contributed by atoms with Crippen molar-refractivity contribution in [3.05, 3.63) is 108 Å². The third kappa shape index (κ3) is 8.60. The number of allylic oxidation sites excluding steroid dienone is 2. The molecular formula is C37H38F2O6. The number of halogens is 2. The van der Waals surface area contributed by atoms with E-state index in [1.165, 1.54) is 11.6 Å². The highest BCUT2D eigenvalue weighted by Crippen LogP contribution is 2.39. The predicted molar refractivity (Wildman–Crippen MR) is 168 cm³/mol. The van der Waals surface area contributed by atoms with Crippen LogP contribution in [-0.2, 0) is 26.0 Å². The molecule has 0 saturated heterocycles. The standard InChI is InChI=1S/C37H38F2O6/c1-4-27-20-31(30-16-14-29(15-17-30)28-12-10-26(11-13-28)6-5-7-36(38)39)18-19-35(27)32-21-33-23-34(22-32)43-45-41-25(3)9-8-24(2)37(40)44-42-33/h7,14-23,26,28H,2-6,8-13H2,1H3. The van der Waals surface area contributed by atoms with Gasteiger partial charge in [0.1, 0.15) is 5.76 Å². The quantitative estimate of drug-likeness (QED) is 0.194. The predicted octanol–water partition coefficient (Wildman–Crippen LogP) is 10.4. The third-order valence-electron chi connectivity index (χ3n) is 8.60. The Morgan fingerprint density at radius 1 is 0.822 bits per heavy atom. The lowest BCUT2D eigenvalue weighted by molar-refractivity contribution is -0.447. The summed E-state index contributed by atoms with van der Waals surface area (Å²) in [4.78, 5) is 33.1. The number of carbonyl (C=O) groups is 1. The Morgan fingerprint density at radius 2 is 1.53 bits per heavy atom. The Hall–Kier alpha value is -4.43. The van der Waals surface area contributed by atoms with Crippen molar-refractivity contribution in [3.63, 3.8) is 0 Å². The van der Waals surface area contributed by atoms with E-state index < -0.39 is 12.0 Å². The van der Waals surface area contributed by atoms with Crippen LogP contribution < -0.4 is 9.78 Å². The monoisotopic (exact) mass is 616 g/mol. The summed E-state index contributed by atoms with van der Waals surface area (Å²) in [6.45, 7) is 9.58. The Balaban J connectivity index is 1.31. The van der Waals surface area contributed by atoms with Gasteiger partial charge in [-0.25, -0.2) is 9.68 Å². The second-order valence-electron chi connectivity index (χ2n) is 11.7. The number of benzene rings is 3. The molecule has 0 spiro atoms. The molecule has 45 heavy (non-hydrogen) atoms. The fourth-order valence-corrected chi connectivity index (χ4v) is 6.01. The molecule has 0 aromatic heterocycles. The first-order valence-corrected chi connectivity index (χ1v) is 15.4. The molecule has 0 amide bonds. The van der Waals surface area contributed by atoms with Crippen LogP contribution in [0.2, 0.25) is 0 Å². The van der Waals surface area contributed by atoms with E-state index >= 15 is 0 Å². The van der Waals surface area contributed by atoms with Crippen molar-refractivity contribution >= 4 is 5.97 Å². The molecule has 3 aromatic rings. The molecule has 236 valence electrons. The molecule has 5 rings (SSSR count). The van der Waals surface area contributed by atoms with Gasteiger partial charge in [-0.1, -0.05) is 62.5 Å². The molecule has 2 bridgehead atoms. The molecule has 0 radical (unpaired) electrons. The molecule has 1 saturated carbocycles. The van der Waals surface area contributed by atoms with Crippen molar-refractivity contribution in [2.45, 2.75) is 70.6 Å². The second kappa shape index (κ2) is 15.0. The van der Waals surface area contributed by atoms with E-state index in [1.807, 2.05) is 0 Å². The number of carbonyl (C=O) groups excluding carboxylic acids is 1. The molecule has 1 aliphatic carbocycles. The Morgan fingerprint density at radius 3 is 2.24 bits per heavy atom. The van der Waals surface area contributed by atoms with Crippen LogP contribution in [-0.4, -0.2) is 5.97 Å². The largest absolute Gasteiger partial charge is 0.381 e. The van der Waals surface area contributed by atoms with E-state index in [9.17, 15) is 13.6 Å². The van der Waals surface area contributed by atoms with Crippen molar-refractivity contribution in [1.29, 1.82) is 0 Å². The van der Waals surface area contributed by atoms with Gasteiger partial charge in [0.15, 0.2) is 11.5 Å². The van der Waals surface area contributed by atoms with Crippen LogP contribution in [0.25, 0.3) is 22.3 Å². The molecule has 8 heteroatoms. The highest BCUT2D eigenvalue weighted by molar-refractivity contribution is 5.87. The van der Waals surface area contributed by atoms with Crippen molar-refractivity contribution < 1.29 is 38.2 Å². The highest BCUT2D eigenvalue weighted by atomic mass is 19.3. The van der Waals surface area contributed by atoms with Gasteiger partial charge in [0.25, 0.3) is 6.08 Å². The Labute approximate surface area is 262 Å². The molecule has 0 unspecified atom stereocenters. The number of aryl methyl sites for hydroxylation is 1. The van der Waals surface area contributed by atoms with Crippen molar-refractivity contribution in [2.75, 3.05) is 0 Å². The van der Waals surface area contributed by atoms with Gasteiger partial charge in [-0.3, -0.25) is 9.78 Å². The number of hydrogen-bond acceptors (Lipinski definition) is 6. The van der Waals surface area contributed by atoms with Crippen molar-refractivity contribution in [1.82, 2.24) is 0 Å². The number of fused-ring (bicyclic) bond motifs is 2.